The van der Waals surface area contributed by atoms with Gasteiger partial charge in [0.25, 0.3) is 0 Å². The minimum Gasteiger partial charge on any atom is -0.385 e. The summed E-state index contributed by atoms with van der Waals surface area (Å²) in [5, 5.41) is 3.50. The number of anilines is 1. The molecule has 1 aliphatic heterocycles. The quantitative estimate of drug-likeness (QED) is 0.836. The van der Waals surface area contributed by atoms with Gasteiger partial charge in [0.2, 0.25) is 0 Å². The first kappa shape index (κ1) is 10.1. The third kappa shape index (κ3) is 2.35. The molecule has 0 bridgehead atoms. The molecule has 3 heteroatoms. The minimum atomic E-state index is 0.828. The summed E-state index contributed by atoms with van der Waals surface area (Å²) in [6.07, 6.45) is 7.91. The van der Waals surface area contributed by atoms with Crippen LogP contribution in [0.1, 0.15) is 19.3 Å². The number of likely N-dealkylation sites (tertiary alicyclic amines) is 1. The molecule has 1 atom stereocenters. The highest BCUT2D eigenvalue weighted by atomic mass is 15.2. The molecule has 1 aromatic heterocycles. The predicted octanol–water partition coefficient (Wildman–Crippen LogP) is 1.98. The smallest absolute Gasteiger partial charge is 0.0371 e. The Kier molecular flexibility index (Phi) is 2.79. The lowest BCUT2D eigenvalue weighted by Gasteiger charge is -2.15. The molecule has 3 rings (SSSR count). The average Bonchev–Trinajstić information content (AvgIpc) is 3.08. The maximum atomic E-state index is 4.02. The molecule has 2 heterocycles. The van der Waals surface area contributed by atoms with E-state index in [0.29, 0.717) is 0 Å². The van der Waals surface area contributed by atoms with E-state index in [0.717, 1.165) is 18.5 Å². The van der Waals surface area contributed by atoms with E-state index >= 15 is 0 Å². The lowest BCUT2D eigenvalue weighted by atomic mass is 10.1. The van der Waals surface area contributed by atoms with Gasteiger partial charge in [-0.3, -0.25) is 4.98 Å². The van der Waals surface area contributed by atoms with E-state index in [2.05, 4.69) is 15.2 Å². The number of rotatable bonds is 4. The Labute approximate surface area is 96.9 Å². The van der Waals surface area contributed by atoms with Gasteiger partial charge in [-0.2, -0.15) is 0 Å². The normalized spacial score (nSPS) is 25.9. The molecule has 1 saturated carbocycles. The van der Waals surface area contributed by atoms with Crippen molar-refractivity contribution in [2.75, 3.05) is 25.0 Å². The molecule has 1 N–H and O–H groups in total. The maximum Gasteiger partial charge on any atom is 0.0371 e. The number of hydrogen-bond donors (Lipinski definition) is 1. The zero-order valence-electron chi connectivity index (χ0n) is 9.60. The van der Waals surface area contributed by atoms with Gasteiger partial charge in [-0.15, -0.1) is 0 Å². The van der Waals surface area contributed by atoms with Gasteiger partial charge in [0, 0.05) is 37.2 Å². The summed E-state index contributed by atoms with van der Waals surface area (Å²) in [5.74, 6) is 0.828. The zero-order chi connectivity index (χ0) is 10.8. The van der Waals surface area contributed by atoms with E-state index in [1.54, 1.807) is 0 Å². The molecule has 1 aliphatic carbocycles. The number of aromatic nitrogens is 1. The number of nitrogens with zero attached hydrogens (tertiary/aromatic N) is 2. The van der Waals surface area contributed by atoms with Crippen LogP contribution in [0.4, 0.5) is 5.69 Å². The first-order chi connectivity index (χ1) is 7.92. The van der Waals surface area contributed by atoms with Gasteiger partial charge in [0.1, 0.15) is 0 Å². The summed E-state index contributed by atoms with van der Waals surface area (Å²) in [6, 6.07) is 5.01. The molecule has 3 nitrogen and oxygen atoms in total. The lowest BCUT2D eigenvalue weighted by molar-refractivity contribution is 0.316. The van der Waals surface area contributed by atoms with Crippen LogP contribution >= 0.6 is 0 Å². The molecule has 86 valence electrons. The molecule has 0 aromatic carbocycles. The van der Waals surface area contributed by atoms with E-state index in [9.17, 15) is 0 Å². The molecule has 1 saturated heterocycles. The third-order valence-electron chi connectivity index (χ3n) is 3.66. The summed E-state index contributed by atoms with van der Waals surface area (Å²) in [7, 11) is 0. The third-order valence-corrected chi connectivity index (χ3v) is 3.66. The van der Waals surface area contributed by atoms with Crippen LogP contribution in [-0.2, 0) is 0 Å². The standard InChI is InChI=1S/C13H19N3/c1-2-13(1)16-8-5-11(10-16)9-15-12-3-6-14-7-4-12/h3-4,6-7,11,13H,1-2,5,8-10H2,(H,14,15). The second-order valence-electron chi connectivity index (χ2n) is 5.00. The minimum absolute atomic E-state index is 0.828. The van der Waals surface area contributed by atoms with E-state index in [1.165, 1.54) is 38.0 Å². The van der Waals surface area contributed by atoms with Gasteiger partial charge in [-0.05, 0) is 43.9 Å². The van der Waals surface area contributed by atoms with Crippen molar-refractivity contribution in [2.45, 2.75) is 25.3 Å². The first-order valence-corrected chi connectivity index (χ1v) is 6.30. The van der Waals surface area contributed by atoms with Gasteiger partial charge in [0.05, 0.1) is 0 Å². The number of hydrogen-bond acceptors (Lipinski definition) is 3. The Morgan fingerprint density at radius 3 is 2.81 bits per heavy atom. The van der Waals surface area contributed by atoms with Crippen LogP contribution in [-0.4, -0.2) is 35.6 Å². The SMILES string of the molecule is c1cc(NCC2CCN(C3CC3)C2)ccn1. The monoisotopic (exact) mass is 217 g/mol. The Hall–Kier alpha value is -1.09. The maximum absolute atomic E-state index is 4.02. The van der Waals surface area contributed by atoms with Crippen molar-refractivity contribution in [1.29, 1.82) is 0 Å². The topological polar surface area (TPSA) is 28.2 Å². The van der Waals surface area contributed by atoms with Crippen molar-refractivity contribution in [1.82, 2.24) is 9.88 Å². The Morgan fingerprint density at radius 2 is 2.06 bits per heavy atom. The Morgan fingerprint density at radius 1 is 1.25 bits per heavy atom. The van der Waals surface area contributed by atoms with Crippen LogP contribution in [0, 0.1) is 5.92 Å². The van der Waals surface area contributed by atoms with Gasteiger partial charge < -0.3 is 10.2 Å². The highest BCUT2D eigenvalue weighted by Gasteiger charge is 2.33. The summed E-state index contributed by atoms with van der Waals surface area (Å²) >= 11 is 0. The van der Waals surface area contributed by atoms with E-state index in [1.807, 2.05) is 24.5 Å². The molecular weight excluding hydrogens is 198 g/mol. The molecule has 1 unspecified atom stereocenters. The number of pyridine rings is 1. The Balaban J connectivity index is 1.46. The Bertz CT molecular complexity index is 334. The van der Waals surface area contributed by atoms with E-state index < -0.39 is 0 Å². The average molecular weight is 217 g/mol. The van der Waals surface area contributed by atoms with Crippen LogP contribution in [0.5, 0.6) is 0 Å². The molecule has 0 radical (unpaired) electrons. The highest BCUT2D eigenvalue weighted by Crippen LogP contribution is 2.31. The number of nitrogens with one attached hydrogen (secondary N) is 1. The molecule has 0 amide bonds. The zero-order valence-corrected chi connectivity index (χ0v) is 9.60. The molecule has 1 aromatic rings. The van der Waals surface area contributed by atoms with Crippen LogP contribution < -0.4 is 5.32 Å². The van der Waals surface area contributed by atoms with Crippen molar-refractivity contribution in [3.05, 3.63) is 24.5 Å². The molecule has 2 aliphatic rings. The van der Waals surface area contributed by atoms with Crippen molar-refractivity contribution in [2.24, 2.45) is 5.92 Å². The van der Waals surface area contributed by atoms with Crippen LogP contribution in [0.25, 0.3) is 0 Å². The van der Waals surface area contributed by atoms with Crippen LogP contribution in [0.15, 0.2) is 24.5 Å². The summed E-state index contributed by atoms with van der Waals surface area (Å²) in [4.78, 5) is 6.69. The molecule has 2 fully saturated rings. The van der Waals surface area contributed by atoms with E-state index in [4.69, 9.17) is 0 Å². The lowest BCUT2D eigenvalue weighted by Crippen LogP contribution is -2.24. The molecule has 16 heavy (non-hydrogen) atoms. The van der Waals surface area contributed by atoms with Gasteiger partial charge >= 0.3 is 0 Å². The predicted molar refractivity (Wildman–Crippen MR) is 65.4 cm³/mol. The van der Waals surface area contributed by atoms with Crippen LogP contribution in [0.2, 0.25) is 0 Å². The summed E-state index contributed by atoms with van der Waals surface area (Å²) < 4.78 is 0. The fraction of sp³-hybridized carbons (Fsp3) is 0.615. The first-order valence-electron chi connectivity index (χ1n) is 6.30. The van der Waals surface area contributed by atoms with Crippen molar-refractivity contribution in [3.8, 4) is 0 Å². The van der Waals surface area contributed by atoms with E-state index in [-0.39, 0.29) is 0 Å². The largest absolute Gasteiger partial charge is 0.385 e. The summed E-state index contributed by atoms with van der Waals surface area (Å²) in [6.45, 7) is 3.71. The summed E-state index contributed by atoms with van der Waals surface area (Å²) in [5.41, 5.74) is 1.19. The second kappa shape index (κ2) is 4.42. The van der Waals surface area contributed by atoms with Crippen molar-refractivity contribution >= 4 is 5.69 Å². The highest BCUT2D eigenvalue weighted by molar-refractivity contribution is 5.40. The fourth-order valence-corrected chi connectivity index (χ4v) is 2.53. The fourth-order valence-electron chi connectivity index (χ4n) is 2.53. The van der Waals surface area contributed by atoms with Gasteiger partial charge in [-0.1, -0.05) is 0 Å². The van der Waals surface area contributed by atoms with Gasteiger partial charge in [0.15, 0.2) is 0 Å². The van der Waals surface area contributed by atoms with Gasteiger partial charge in [-0.25, -0.2) is 0 Å². The molecular formula is C13H19N3. The van der Waals surface area contributed by atoms with Crippen molar-refractivity contribution in [3.63, 3.8) is 0 Å². The second-order valence-corrected chi connectivity index (χ2v) is 5.00. The van der Waals surface area contributed by atoms with Crippen LogP contribution in [0.3, 0.4) is 0 Å². The molecule has 0 spiro atoms. The van der Waals surface area contributed by atoms with Crippen molar-refractivity contribution < 1.29 is 0 Å².